The van der Waals surface area contributed by atoms with Crippen LogP contribution in [-0.4, -0.2) is 29.1 Å². The first-order chi connectivity index (χ1) is 16.2. The lowest BCUT2D eigenvalue weighted by Crippen LogP contribution is -2.33. The Morgan fingerprint density at radius 1 is 0.879 bits per heavy atom. The van der Waals surface area contributed by atoms with E-state index in [1.807, 2.05) is 53.4 Å². The molecule has 1 aliphatic rings. The Balaban J connectivity index is 1.33. The zero-order valence-electron chi connectivity index (χ0n) is 18.8. The number of fused-ring (bicyclic) bond motifs is 3. The maximum absolute atomic E-state index is 12.7. The normalized spacial score (nSPS) is 13.4. The van der Waals surface area contributed by atoms with Crippen molar-refractivity contribution in [3.8, 4) is 5.75 Å². The van der Waals surface area contributed by atoms with Gasteiger partial charge in [-0.2, -0.15) is 0 Å². The Morgan fingerprint density at radius 3 is 2.27 bits per heavy atom. The fourth-order valence-electron chi connectivity index (χ4n) is 4.47. The largest absolute Gasteiger partial charge is 0.488 e. The molecule has 3 aromatic carbocycles. The Kier molecular flexibility index (Phi) is 6.03. The van der Waals surface area contributed by atoms with Crippen molar-refractivity contribution in [3.63, 3.8) is 0 Å². The Labute approximate surface area is 193 Å². The molecule has 1 aromatic heterocycles. The molecule has 33 heavy (non-hydrogen) atoms. The third-order valence-corrected chi connectivity index (χ3v) is 6.28. The number of H-pyrrole nitrogens is 1. The summed E-state index contributed by atoms with van der Waals surface area (Å²) in [7, 11) is 0. The number of nitrogens with zero attached hydrogens (tertiary/aromatic N) is 1. The lowest BCUT2D eigenvalue weighted by Gasteiger charge is -2.20. The van der Waals surface area contributed by atoms with Crippen molar-refractivity contribution < 1.29 is 14.3 Å². The van der Waals surface area contributed by atoms with Crippen LogP contribution in [0, 0.1) is 6.92 Å². The van der Waals surface area contributed by atoms with E-state index >= 15 is 0 Å². The lowest BCUT2D eigenvalue weighted by molar-refractivity contribution is 0.0977. The van der Waals surface area contributed by atoms with Crippen molar-refractivity contribution in [1.29, 1.82) is 0 Å². The van der Waals surface area contributed by atoms with Gasteiger partial charge in [-0.25, -0.2) is 4.79 Å². The van der Waals surface area contributed by atoms with Gasteiger partial charge in [-0.3, -0.25) is 0 Å². The fourth-order valence-corrected chi connectivity index (χ4v) is 4.47. The van der Waals surface area contributed by atoms with E-state index in [1.54, 1.807) is 0 Å². The smallest absolute Gasteiger partial charge is 0.410 e. The quantitative estimate of drug-likeness (QED) is 0.427. The second-order valence-electron chi connectivity index (χ2n) is 8.51. The summed E-state index contributed by atoms with van der Waals surface area (Å²) < 4.78 is 11.8. The summed E-state index contributed by atoms with van der Waals surface area (Å²) in [4.78, 5) is 18.1. The van der Waals surface area contributed by atoms with Gasteiger partial charge in [0.2, 0.25) is 0 Å². The molecule has 0 saturated carbocycles. The Bertz CT molecular complexity index is 1250. The summed E-state index contributed by atoms with van der Waals surface area (Å²) in [5, 5.41) is 1.14. The summed E-state index contributed by atoms with van der Waals surface area (Å²) >= 11 is 0. The Hall–Kier alpha value is -3.73. The van der Waals surface area contributed by atoms with E-state index in [0.717, 1.165) is 40.6 Å². The second-order valence-corrected chi connectivity index (χ2v) is 8.51. The van der Waals surface area contributed by atoms with Crippen LogP contribution in [-0.2, 0) is 30.8 Å². The summed E-state index contributed by atoms with van der Waals surface area (Å²) in [5.41, 5.74) is 6.89. The molecule has 1 amide bonds. The number of rotatable bonds is 5. The monoisotopic (exact) mass is 440 g/mol. The number of hydrogen-bond acceptors (Lipinski definition) is 3. The average Bonchev–Trinajstić information content (AvgIpc) is 3.10. The third kappa shape index (κ3) is 4.58. The van der Waals surface area contributed by atoms with Crippen molar-refractivity contribution in [1.82, 2.24) is 9.88 Å². The minimum Gasteiger partial charge on any atom is -0.488 e. The summed E-state index contributed by atoms with van der Waals surface area (Å²) in [6.07, 6.45) is 1.27. The van der Waals surface area contributed by atoms with Crippen LogP contribution in [0.4, 0.5) is 4.79 Å². The van der Waals surface area contributed by atoms with Crippen LogP contribution in [0.3, 0.4) is 0 Å². The molecular formula is C28H28N2O3. The van der Waals surface area contributed by atoms with E-state index in [2.05, 4.69) is 36.2 Å². The highest BCUT2D eigenvalue weighted by Gasteiger charge is 2.24. The molecule has 0 aliphatic carbocycles. The van der Waals surface area contributed by atoms with Crippen LogP contribution in [0.5, 0.6) is 5.75 Å². The van der Waals surface area contributed by atoms with Crippen LogP contribution < -0.4 is 4.74 Å². The number of carbonyl (C=O) groups excluding carboxylic acids is 1. The number of aryl methyl sites for hydroxylation is 1. The van der Waals surface area contributed by atoms with Crippen molar-refractivity contribution in [2.75, 3.05) is 13.1 Å². The summed E-state index contributed by atoms with van der Waals surface area (Å²) in [5.74, 6) is 0.886. The molecule has 0 atom stereocenters. The molecule has 0 radical (unpaired) electrons. The topological polar surface area (TPSA) is 54.6 Å². The lowest BCUT2D eigenvalue weighted by atomic mass is 10.0. The molecule has 1 aliphatic heterocycles. The highest BCUT2D eigenvalue weighted by Crippen LogP contribution is 2.35. The van der Waals surface area contributed by atoms with Crippen LogP contribution >= 0.6 is 0 Å². The number of amides is 1. The zero-order chi connectivity index (χ0) is 22.6. The maximum atomic E-state index is 12.7. The maximum Gasteiger partial charge on any atom is 0.410 e. The number of carbonyl (C=O) groups is 1. The van der Waals surface area contributed by atoms with Crippen molar-refractivity contribution >= 4 is 17.0 Å². The molecule has 1 N–H and O–H groups in total. The minimum absolute atomic E-state index is 0.259. The highest BCUT2D eigenvalue weighted by atomic mass is 16.6. The van der Waals surface area contributed by atoms with Crippen LogP contribution in [0.15, 0.2) is 72.8 Å². The predicted octanol–water partition coefficient (Wildman–Crippen LogP) is 5.79. The van der Waals surface area contributed by atoms with Gasteiger partial charge in [0.25, 0.3) is 0 Å². The SMILES string of the molecule is Cc1ccc(OCc2ccccc2)c2c3c([nH]c12)CCN(C(=O)OCc1ccccc1)CC3. The van der Waals surface area contributed by atoms with Gasteiger partial charge < -0.3 is 19.4 Å². The number of aromatic amines is 1. The van der Waals surface area contributed by atoms with Gasteiger partial charge in [-0.05, 0) is 41.7 Å². The first-order valence-corrected chi connectivity index (χ1v) is 11.4. The van der Waals surface area contributed by atoms with Crippen molar-refractivity contribution in [2.45, 2.75) is 33.0 Å². The van der Waals surface area contributed by atoms with E-state index < -0.39 is 0 Å². The molecule has 5 rings (SSSR count). The third-order valence-electron chi connectivity index (χ3n) is 6.28. The van der Waals surface area contributed by atoms with Gasteiger partial charge in [0.05, 0.1) is 5.52 Å². The molecule has 5 nitrogen and oxygen atoms in total. The molecule has 4 aromatic rings. The minimum atomic E-state index is -0.259. The number of benzene rings is 3. The van der Waals surface area contributed by atoms with Gasteiger partial charge >= 0.3 is 6.09 Å². The number of hydrogen-bond donors (Lipinski definition) is 1. The summed E-state index contributed by atoms with van der Waals surface area (Å²) in [6.45, 7) is 4.19. The van der Waals surface area contributed by atoms with Gasteiger partial charge in [-0.15, -0.1) is 0 Å². The van der Waals surface area contributed by atoms with Crippen molar-refractivity contribution in [3.05, 3.63) is 101 Å². The van der Waals surface area contributed by atoms with Crippen molar-refractivity contribution in [2.24, 2.45) is 0 Å². The molecule has 168 valence electrons. The number of nitrogens with one attached hydrogen (secondary N) is 1. The average molecular weight is 441 g/mol. The molecule has 2 heterocycles. The summed E-state index contributed by atoms with van der Waals surface area (Å²) in [6, 6.07) is 24.2. The van der Waals surface area contributed by atoms with E-state index in [-0.39, 0.29) is 6.09 Å². The van der Waals surface area contributed by atoms with Gasteiger partial charge in [0, 0.05) is 30.6 Å². The fraction of sp³-hybridized carbons (Fsp3) is 0.250. The predicted molar refractivity (Wildman–Crippen MR) is 129 cm³/mol. The molecule has 0 spiro atoms. The van der Waals surface area contributed by atoms with Gasteiger partial charge in [0.15, 0.2) is 0 Å². The molecular weight excluding hydrogens is 412 g/mol. The van der Waals surface area contributed by atoms with Crippen LogP contribution in [0.25, 0.3) is 10.9 Å². The zero-order valence-corrected chi connectivity index (χ0v) is 18.8. The standard InChI is InChI=1S/C28H28N2O3/c1-20-12-13-25(32-18-21-8-4-2-5-9-21)26-23-14-16-30(17-15-24(23)29-27(20)26)28(31)33-19-22-10-6-3-7-11-22/h2-13,29H,14-19H2,1H3. The van der Waals surface area contributed by atoms with Crippen LogP contribution in [0.1, 0.15) is 27.9 Å². The number of aromatic nitrogens is 1. The van der Waals surface area contributed by atoms with Gasteiger partial charge in [0.1, 0.15) is 19.0 Å². The first kappa shape index (κ1) is 21.1. The highest BCUT2D eigenvalue weighted by molar-refractivity contribution is 5.93. The van der Waals surface area contributed by atoms with E-state index in [1.165, 1.54) is 16.8 Å². The first-order valence-electron chi connectivity index (χ1n) is 11.4. The molecule has 0 bridgehead atoms. The Morgan fingerprint density at radius 2 is 1.55 bits per heavy atom. The molecule has 0 saturated heterocycles. The van der Waals surface area contributed by atoms with E-state index in [9.17, 15) is 4.79 Å². The second kappa shape index (κ2) is 9.41. The molecule has 0 unspecified atom stereocenters. The van der Waals surface area contributed by atoms with E-state index in [0.29, 0.717) is 26.3 Å². The van der Waals surface area contributed by atoms with Crippen LogP contribution in [0.2, 0.25) is 0 Å². The van der Waals surface area contributed by atoms with Gasteiger partial charge in [-0.1, -0.05) is 66.7 Å². The molecule has 5 heteroatoms. The number of ether oxygens (including phenoxy) is 2. The van der Waals surface area contributed by atoms with E-state index in [4.69, 9.17) is 9.47 Å². The molecule has 0 fully saturated rings.